The van der Waals surface area contributed by atoms with Crippen LogP contribution in [0.4, 0.5) is 0 Å². The van der Waals surface area contributed by atoms with Crippen LogP contribution in [0, 0.1) is 5.92 Å². The normalized spacial score (nSPS) is 15.7. The van der Waals surface area contributed by atoms with Crippen molar-refractivity contribution in [1.82, 2.24) is 29.9 Å². The summed E-state index contributed by atoms with van der Waals surface area (Å²) in [6.07, 6.45) is 5.92. The summed E-state index contributed by atoms with van der Waals surface area (Å²) in [4.78, 5) is 18.2. The Hall–Kier alpha value is -2.70. The van der Waals surface area contributed by atoms with E-state index in [0.717, 1.165) is 29.7 Å². The van der Waals surface area contributed by atoms with E-state index in [2.05, 4.69) is 20.5 Å². The predicted molar refractivity (Wildman–Crippen MR) is 84.3 cm³/mol. The molecule has 1 amide bonds. The van der Waals surface area contributed by atoms with Gasteiger partial charge in [0.05, 0.1) is 6.04 Å². The van der Waals surface area contributed by atoms with Gasteiger partial charge in [-0.3, -0.25) is 4.79 Å². The molecule has 0 aliphatic heterocycles. The standard InChI is InChI=1S/C16H18N6O/c1-21-9-8-17-16(21)15(11-6-7-11)18-14(23)10-22-19-12-4-2-3-5-13(12)20-22/h2-5,8-9,11,15H,6-7,10H2,1H3,(H,18,23)/t15-/m1/s1. The van der Waals surface area contributed by atoms with Crippen molar-refractivity contribution in [2.45, 2.75) is 25.4 Å². The summed E-state index contributed by atoms with van der Waals surface area (Å²) in [5.41, 5.74) is 1.59. The van der Waals surface area contributed by atoms with Gasteiger partial charge < -0.3 is 9.88 Å². The molecule has 0 bridgehead atoms. The Morgan fingerprint density at radius 3 is 2.57 bits per heavy atom. The minimum atomic E-state index is -0.0924. The van der Waals surface area contributed by atoms with E-state index in [1.165, 1.54) is 4.80 Å². The van der Waals surface area contributed by atoms with Gasteiger partial charge in [0.1, 0.15) is 23.4 Å². The lowest BCUT2D eigenvalue weighted by molar-refractivity contribution is -0.123. The molecular formula is C16H18N6O. The highest BCUT2D eigenvalue weighted by molar-refractivity contribution is 5.77. The summed E-state index contributed by atoms with van der Waals surface area (Å²) in [5, 5.41) is 11.7. The molecule has 0 unspecified atom stereocenters. The minimum absolute atomic E-state index is 0.0347. The first-order valence-corrected chi connectivity index (χ1v) is 7.77. The molecule has 1 saturated carbocycles. The van der Waals surface area contributed by atoms with Crippen molar-refractivity contribution in [2.24, 2.45) is 13.0 Å². The fourth-order valence-electron chi connectivity index (χ4n) is 2.82. The van der Waals surface area contributed by atoms with Crippen LogP contribution in [0.15, 0.2) is 36.7 Å². The van der Waals surface area contributed by atoms with E-state index < -0.39 is 0 Å². The quantitative estimate of drug-likeness (QED) is 0.773. The first-order valence-electron chi connectivity index (χ1n) is 7.77. The fraction of sp³-hybridized carbons (Fsp3) is 0.375. The van der Waals surface area contributed by atoms with Gasteiger partial charge in [-0.1, -0.05) is 12.1 Å². The van der Waals surface area contributed by atoms with Crippen LogP contribution in [0.25, 0.3) is 11.0 Å². The minimum Gasteiger partial charge on any atom is -0.344 e. The zero-order valence-corrected chi connectivity index (χ0v) is 12.9. The number of nitrogens with one attached hydrogen (secondary N) is 1. The first-order chi connectivity index (χ1) is 11.2. The van der Waals surface area contributed by atoms with Crippen LogP contribution < -0.4 is 5.32 Å². The molecule has 118 valence electrons. The summed E-state index contributed by atoms with van der Waals surface area (Å²) in [6.45, 7) is 0.113. The number of carbonyl (C=O) groups excluding carboxylic acids is 1. The second-order valence-corrected chi connectivity index (χ2v) is 6.00. The number of aromatic nitrogens is 5. The molecule has 0 saturated heterocycles. The molecule has 3 aromatic rings. The molecule has 7 nitrogen and oxygen atoms in total. The van der Waals surface area contributed by atoms with Crippen LogP contribution in [-0.4, -0.2) is 30.5 Å². The van der Waals surface area contributed by atoms with Gasteiger partial charge in [-0.15, -0.1) is 0 Å². The lowest BCUT2D eigenvalue weighted by Gasteiger charge is -2.17. The topological polar surface area (TPSA) is 77.6 Å². The third-order valence-corrected chi connectivity index (χ3v) is 4.16. The van der Waals surface area contributed by atoms with Crippen molar-refractivity contribution >= 4 is 16.9 Å². The number of imidazole rings is 1. The molecule has 1 aliphatic carbocycles. The molecule has 2 aromatic heterocycles. The van der Waals surface area contributed by atoms with E-state index in [1.54, 1.807) is 6.20 Å². The SMILES string of the molecule is Cn1ccnc1[C@H](NC(=O)Cn1nc2ccccc2n1)C1CC1. The second-order valence-electron chi connectivity index (χ2n) is 6.00. The maximum absolute atomic E-state index is 12.4. The summed E-state index contributed by atoms with van der Waals surface area (Å²) < 4.78 is 1.96. The molecular weight excluding hydrogens is 292 g/mol. The van der Waals surface area contributed by atoms with Gasteiger partial charge in [0.15, 0.2) is 0 Å². The number of amides is 1. The smallest absolute Gasteiger partial charge is 0.244 e. The van der Waals surface area contributed by atoms with Gasteiger partial charge in [-0.25, -0.2) is 4.98 Å². The molecule has 1 N–H and O–H groups in total. The Balaban J connectivity index is 1.49. The zero-order chi connectivity index (χ0) is 15.8. The summed E-state index contributed by atoms with van der Waals surface area (Å²) in [5.74, 6) is 1.29. The lowest BCUT2D eigenvalue weighted by Crippen LogP contribution is -2.34. The van der Waals surface area contributed by atoms with Crippen LogP contribution >= 0.6 is 0 Å². The van der Waals surface area contributed by atoms with E-state index >= 15 is 0 Å². The van der Waals surface area contributed by atoms with E-state index in [-0.39, 0.29) is 18.5 Å². The van der Waals surface area contributed by atoms with Crippen molar-refractivity contribution in [3.63, 3.8) is 0 Å². The molecule has 0 spiro atoms. The highest BCUT2D eigenvalue weighted by Crippen LogP contribution is 2.40. The van der Waals surface area contributed by atoms with E-state index in [0.29, 0.717) is 5.92 Å². The molecule has 2 heterocycles. The van der Waals surface area contributed by atoms with Crippen molar-refractivity contribution in [3.8, 4) is 0 Å². The maximum atomic E-state index is 12.4. The Morgan fingerprint density at radius 2 is 2.00 bits per heavy atom. The Morgan fingerprint density at radius 1 is 1.30 bits per heavy atom. The highest BCUT2D eigenvalue weighted by Gasteiger charge is 2.35. The van der Waals surface area contributed by atoms with Gasteiger partial charge in [-0.2, -0.15) is 15.0 Å². The van der Waals surface area contributed by atoms with E-state index in [1.807, 2.05) is 42.1 Å². The fourth-order valence-corrected chi connectivity index (χ4v) is 2.82. The number of hydrogen-bond donors (Lipinski definition) is 1. The lowest BCUT2D eigenvalue weighted by atomic mass is 10.1. The van der Waals surface area contributed by atoms with Crippen molar-refractivity contribution < 1.29 is 4.79 Å². The van der Waals surface area contributed by atoms with Gasteiger partial charge >= 0.3 is 0 Å². The predicted octanol–water partition coefficient (Wildman–Crippen LogP) is 1.43. The number of aryl methyl sites for hydroxylation is 1. The Labute approximate surface area is 133 Å². The van der Waals surface area contributed by atoms with Crippen LogP contribution in [-0.2, 0) is 18.4 Å². The molecule has 4 rings (SSSR count). The number of fused-ring (bicyclic) bond motifs is 1. The number of benzene rings is 1. The number of hydrogen-bond acceptors (Lipinski definition) is 4. The van der Waals surface area contributed by atoms with Crippen LogP contribution in [0.3, 0.4) is 0 Å². The maximum Gasteiger partial charge on any atom is 0.244 e. The Kier molecular flexibility index (Phi) is 3.33. The third kappa shape index (κ3) is 2.81. The number of rotatable bonds is 5. The van der Waals surface area contributed by atoms with E-state index in [4.69, 9.17) is 0 Å². The average molecular weight is 310 g/mol. The van der Waals surface area contributed by atoms with Gasteiger partial charge in [0, 0.05) is 19.4 Å². The van der Waals surface area contributed by atoms with E-state index in [9.17, 15) is 4.79 Å². The first kappa shape index (κ1) is 13.9. The number of nitrogens with zero attached hydrogens (tertiary/aromatic N) is 5. The number of carbonyl (C=O) groups is 1. The van der Waals surface area contributed by atoms with Gasteiger partial charge in [0.25, 0.3) is 0 Å². The molecule has 0 radical (unpaired) electrons. The summed E-state index contributed by atoms with van der Waals surface area (Å²) in [7, 11) is 1.95. The summed E-state index contributed by atoms with van der Waals surface area (Å²) >= 11 is 0. The third-order valence-electron chi connectivity index (χ3n) is 4.16. The molecule has 7 heteroatoms. The molecule has 1 atom stereocenters. The molecule has 1 fully saturated rings. The van der Waals surface area contributed by atoms with Crippen molar-refractivity contribution in [2.75, 3.05) is 0 Å². The highest BCUT2D eigenvalue weighted by atomic mass is 16.2. The van der Waals surface area contributed by atoms with Crippen molar-refractivity contribution in [1.29, 1.82) is 0 Å². The van der Waals surface area contributed by atoms with Gasteiger partial charge in [-0.05, 0) is 30.9 Å². The zero-order valence-electron chi connectivity index (χ0n) is 12.9. The monoisotopic (exact) mass is 310 g/mol. The van der Waals surface area contributed by atoms with Gasteiger partial charge in [0.2, 0.25) is 5.91 Å². The van der Waals surface area contributed by atoms with Crippen LogP contribution in [0.2, 0.25) is 0 Å². The average Bonchev–Trinajstić information content (AvgIpc) is 3.16. The molecule has 23 heavy (non-hydrogen) atoms. The van der Waals surface area contributed by atoms with Crippen LogP contribution in [0.5, 0.6) is 0 Å². The Bertz CT molecular complexity index is 814. The molecule has 1 aliphatic rings. The summed E-state index contributed by atoms with van der Waals surface area (Å²) in [6, 6.07) is 7.56. The molecule has 1 aromatic carbocycles. The van der Waals surface area contributed by atoms with Crippen LogP contribution in [0.1, 0.15) is 24.7 Å². The van der Waals surface area contributed by atoms with Crippen molar-refractivity contribution in [3.05, 3.63) is 42.5 Å². The second kappa shape index (κ2) is 5.49. The largest absolute Gasteiger partial charge is 0.344 e.